The Bertz CT molecular complexity index is 1520. The van der Waals surface area contributed by atoms with Crippen molar-refractivity contribution in [3.8, 4) is 11.6 Å². The third-order valence-electron chi connectivity index (χ3n) is 6.17. The van der Waals surface area contributed by atoms with E-state index in [1.807, 2.05) is 6.92 Å². The Morgan fingerprint density at radius 2 is 1.88 bits per heavy atom. The molecule has 0 aliphatic heterocycles. The van der Waals surface area contributed by atoms with Crippen molar-refractivity contribution in [3.63, 3.8) is 0 Å². The van der Waals surface area contributed by atoms with Gasteiger partial charge in [-0.25, -0.2) is 9.78 Å². The van der Waals surface area contributed by atoms with Gasteiger partial charge in [0.05, 0.1) is 16.4 Å². The van der Waals surface area contributed by atoms with Crippen molar-refractivity contribution in [3.05, 3.63) is 75.6 Å². The number of hydrogen-bond donors (Lipinski definition) is 4. The molecule has 34 heavy (non-hydrogen) atoms. The van der Waals surface area contributed by atoms with Crippen LogP contribution >= 0.6 is 11.3 Å². The number of ketones is 1. The molecular weight excluding hydrogens is 454 g/mol. The second kappa shape index (κ2) is 7.59. The smallest absolute Gasteiger partial charge is 0.346 e. The number of carboxylic acids is 1. The molecule has 1 aliphatic carbocycles. The number of rotatable bonds is 4. The topological polar surface area (TPSA) is 167 Å². The van der Waals surface area contributed by atoms with Gasteiger partial charge >= 0.3 is 5.97 Å². The largest absolute Gasteiger partial charge is 0.477 e. The molecule has 2 unspecified atom stereocenters. The number of benzene rings is 1. The van der Waals surface area contributed by atoms with Crippen LogP contribution < -0.4 is 21.9 Å². The van der Waals surface area contributed by atoms with Crippen molar-refractivity contribution < 1.29 is 19.4 Å². The Morgan fingerprint density at radius 3 is 2.56 bits per heavy atom. The summed E-state index contributed by atoms with van der Waals surface area (Å²) in [6.45, 7) is 3.55. The number of pyridine rings is 2. The Kier molecular flexibility index (Phi) is 4.90. The summed E-state index contributed by atoms with van der Waals surface area (Å²) < 4.78 is 6.41. The zero-order valence-corrected chi connectivity index (χ0v) is 19.1. The van der Waals surface area contributed by atoms with Crippen LogP contribution in [0.3, 0.4) is 0 Å². The van der Waals surface area contributed by atoms with Crippen LogP contribution in [0.4, 0.5) is 5.69 Å². The van der Waals surface area contributed by atoms with Crippen molar-refractivity contribution in [1.29, 1.82) is 0 Å². The molecule has 0 saturated heterocycles. The van der Waals surface area contributed by atoms with Crippen LogP contribution in [0.25, 0.3) is 10.1 Å². The molecule has 0 radical (unpaired) electrons. The number of hydrogen-bond acceptors (Lipinski definition) is 9. The lowest BCUT2D eigenvalue weighted by atomic mass is 9.70. The summed E-state index contributed by atoms with van der Waals surface area (Å²) in [7, 11) is 0. The molecule has 0 amide bonds. The first-order valence-electron chi connectivity index (χ1n) is 10.4. The van der Waals surface area contributed by atoms with E-state index >= 15 is 0 Å². The van der Waals surface area contributed by atoms with E-state index in [1.54, 1.807) is 49.5 Å². The molecule has 0 bridgehead atoms. The van der Waals surface area contributed by atoms with E-state index in [4.69, 9.17) is 21.9 Å². The fourth-order valence-electron chi connectivity index (χ4n) is 4.52. The monoisotopic (exact) mass is 475 g/mol. The molecule has 3 aromatic heterocycles. The fourth-order valence-corrected chi connectivity index (χ4v) is 5.66. The lowest BCUT2D eigenvalue weighted by Gasteiger charge is -2.37. The zero-order valence-electron chi connectivity index (χ0n) is 18.3. The van der Waals surface area contributed by atoms with Crippen molar-refractivity contribution in [2.24, 2.45) is 11.5 Å². The number of aromatic carboxylic acids is 1. The standard InChI is InChI=1S/C24H21N5O4S/c1-10-12(6-8-16(29-10)33-15-4-3-9-28-11(15)2)24(27)13-5-7-14(25)20-17(13)18(19(26)22(24)30)21(34-20)23(31)32/h3-9,19H,25-27H2,1-2H3,(H,31,32). The fraction of sp³-hybridized carbons (Fsp3) is 0.167. The minimum Gasteiger partial charge on any atom is -0.477 e. The predicted octanol–water partition coefficient (Wildman–Crippen LogP) is 3.17. The Labute approximate surface area is 198 Å². The molecule has 10 heteroatoms. The van der Waals surface area contributed by atoms with E-state index in [-0.39, 0.29) is 10.4 Å². The molecule has 5 rings (SSSR count). The molecule has 0 spiro atoms. The highest BCUT2D eigenvalue weighted by molar-refractivity contribution is 7.21. The summed E-state index contributed by atoms with van der Waals surface area (Å²) >= 11 is 0.994. The van der Waals surface area contributed by atoms with Gasteiger partial charge in [0, 0.05) is 40.2 Å². The summed E-state index contributed by atoms with van der Waals surface area (Å²) in [5, 5.41) is 10.2. The lowest BCUT2D eigenvalue weighted by Crippen LogP contribution is -2.53. The SMILES string of the molecule is Cc1ncccc1Oc1ccc(C2(N)C(=O)C(N)c3c(C(=O)O)sc4c(N)ccc2c34)c(C)n1. The number of carbonyl (C=O) groups is 2. The van der Waals surface area contributed by atoms with E-state index in [0.717, 1.165) is 11.3 Å². The summed E-state index contributed by atoms with van der Waals surface area (Å²) in [6.07, 6.45) is 1.67. The van der Waals surface area contributed by atoms with Crippen LogP contribution in [0.15, 0.2) is 42.6 Å². The maximum Gasteiger partial charge on any atom is 0.346 e. The molecule has 2 atom stereocenters. The molecule has 4 aromatic rings. The van der Waals surface area contributed by atoms with Gasteiger partial charge in [-0.05, 0) is 43.7 Å². The quantitative estimate of drug-likeness (QED) is 0.324. The minimum atomic E-state index is -1.64. The van der Waals surface area contributed by atoms with E-state index in [9.17, 15) is 14.7 Å². The minimum absolute atomic E-state index is 0.0116. The summed E-state index contributed by atoms with van der Waals surface area (Å²) in [6, 6.07) is 8.91. The maximum absolute atomic E-state index is 13.6. The van der Waals surface area contributed by atoms with Crippen LogP contribution in [0, 0.1) is 13.8 Å². The van der Waals surface area contributed by atoms with Crippen molar-refractivity contribution in [2.75, 3.05) is 5.73 Å². The Balaban J connectivity index is 1.69. The Hall–Kier alpha value is -3.86. The molecule has 3 heterocycles. The van der Waals surface area contributed by atoms with Gasteiger partial charge < -0.3 is 27.0 Å². The average Bonchev–Trinajstić information content (AvgIpc) is 3.21. The number of ether oxygens (including phenoxy) is 1. The summed E-state index contributed by atoms with van der Waals surface area (Å²) in [5.41, 5.74) is 20.4. The Morgan fingerprint density at radius 1 is 1.15 bits per heavy atom. The molecule has 7 N–H and O–H groups in total. The third-order valence-corrected chi connectivity index (χ3v) is 7.41. The highest BCUT2D eigenvalue weighted by atomic mass is 32.1. The van der Waals surface area contributed by atoms with E-state index < -0.39 is 23.3 Å². The molecule has 172 valence electrons. The molecule has 1 aromatic carbocycles. The highest BCUT2D eigenvalue weighted by Crippen LogP contribution is 2.49. The average molecular weight is 476 g/mol. The summed E-state index contributed by atoms with van der Waals surface area (Å²) in [5.74, 6) is -0.807. The second-order valence-corrected chi connectivity index (χ2v) is 9.20. The number of nitrogens with two attached hydrogens (primary N) is 3. The molecule has 1 aliphatic rings. The number of nitrogen functional groups attached to an aromatic ring is 1. The van der Waals surface area contributed by atoms with Gasteiger partial charge in [0.25, 0.3) is 0 Å². The van der Waals surface area contributed by atoms with E-state index in [1.165, 1.54) is 0 Å². The van der Waals surface area contributed by atoms with Gasteiger partial charge in [0.2, 0.25) is 5.88 Å². The van der Waals surface area contributed by atoms with Crippen molar-refractivity contribution in [1.82, 2.24) is 9.97 Å². The number of Topliss-reactive ketones (excluding diaryl/α,β-unsaturated/α-hetero) is 1. The van der Waals surface area contributed by atoms with Gasteiger partial charge in [-0.1, -0.05) is 6.07 Å². The van der Waals surface area contributed by atoms with Crippen molar-refractivity contribution >= 4 is 38.9 Å². The number of carboxylic acid groups (broad SMARTS) is 1. The second-order valence-electron chi connectivity index (χ2n) is 8.18. The van der Waals surface area contributed by atoms with Gasteiger partial charge in [-0.3, -0.25) is 9.78 Å². The number of aromatic nitrogens is 2. The first-order valence-corrected chi connectivity index (χ1v) is 11.2. The molecule has 9 nitrogen and oxygen atoms in total. The predicted molar refractivity (Wildman–Crippen MR) is 128 cm³/mol. The molecular formula is C24H21N5O4S. The highest BCUT2D eigenvalue weighted by Gasteiger charge is 2.49. The number of carbonyl (C=O) groups excluding carboxylic acids is 1. The molecule has 0 saturated carbocycles. The van der Waals surface area contributed by atoms with Crippen LogP contribution in [0.2, 0.25) is 0 Å². The first kappa shape index (κ1) is 22.0. The van der Waals surface area contributed by atoms with Crippen LogP contribution in [0.1, 0.15) is 43.8 Å². The van der Waals surface area contributed by atoms with Gasteiger partial charge in [-0.2, -0.15) is 0 Å². The number of anilines is 1. The summed E-state index contributed by atoms with van der Waals surface area (Å²) in [4.78, 5) is 34.2. The first-order chi connectivity index (χ1) is 16.1. The van der Waals surface area contributed by atoms with Crippen molar-refractivity contribution in [2.45, 2.75) is 25.4 Å². The number of thiophene rings is 1. The van der Waals surface area contributed by atoms with Gasteiger partial charge in [-0.15, -0.1) is 11.3 Å². The number of aryl methyl sites for hydroxylation is 2. The molecule has 0 fully saturated rings. The van der Waals surface area contributed by atoms with Gasteiger partial charge in [0.1, 0.15) is 10.4 Å². The van der Waals surface area contributed by atoms with E-state index in [2.05, 4.69) is 9.97 Å². The van der Waals surface area contributed by atoms with Crippen LogP contribution in [0.5, 0.6) is 11.6 Å². The number of nitrogens with zero attached hydrogens (tertiary/aromatic N) is 2. The lowest BCUT2D eigenvalue weighted by molar-refractivity contribution is -0.124. The van der Waals surface area contributed by atoms with Crippen LogP contribution in [-0.4, -0.2) is 26.8 Å². The van der Waals surface area contributed by atoms with E-state index in [0.29, 0.717) is 49.9 Å². The third kappa shape index (κ3) is 3.00. The van der Waals surface area contributed by atoms with Gasteiger partial charge in [0.15, 0.2) is 11.5 Å². The van der Waals surface area contributed by atoms with Crippen LogP contribution in [-0.2, 0) is 10.3 Å². The normalized spacial score (nSPS) is 19.4. The maximum atomic E-state index is 13.6. The zero-order chi connectivity index (χ0) is 24.4.